The first kappa shape index (κ1) is 12.9. The van der Waals surface area contributed by atoms with Gasteiger partial charge in [0.25, 0.3) is 0 Å². The van der Waals surface area contributed by atoms with Gasteiger partial charge in [-0.3, -0.25) is 4.79 Å². The Kier molecular flexibility index (Phi) is 3.55. The minimum absolute atomic E-state index is 0.0578. The van der Waals surface area contributed by atoms with E-state index in [-0.39, 0.29) is 5.78 Å². The van der Waals surface area contributed by atoms with Crippen molar-refractivity contribution in [2.24, 2.45) is 0 Å². The third-order valence-corrected chi connectivity index (χ3v) is 3.04. The molecule has 0 amide bonds. The maximum absolute atomic E-state index is 12.4. The second kappa shape index (κ2) is 4.96. The van der Waals surface area contributed by atoms with Gasteiger partial charge in [-0.25, -0.2) is 0 Å². The molecule has 0 radical (unpaired) electrons. The molecular weight excluding hydrogens is 241 g/mol. The number of hydrogen-bond donors (Lipinski definition) is 0. The molecule has 0 N–H and O–H groups in total. The lowest BCUT2D eigenvalue weighted by molar-refractivity contribution is -0.137. The van der Waals surface area contributed by atoms with Crippen LogP contribution >= 0.6 is 0 Å². The van der Waals surface area contributed by atoms with E-state index in [1.54, 1.807) is 6.08 Å². The molecule has 0 bridgehead atoms. The molecule has 0 saturated heterocycles. The van der Waals surface area contributed by atoms with E-state index in [0.29, 0.717) is 12.0 Å². The summed E-state index contributed by atoms with van der Waals surface area (Å²) in [5.74, 6) is 0.0578. The van der Waals surface area contributed by atoms with Crippen molar-refractivity contribution in [2.75, 3.05) is 0 Å². The van der Waals surface area contributed by atoms with Gasteiger partial charge < -0.3 is 0 Å². The van der Waals surface area contributed by atoms with Gasteiger partial charge >= 0.3 is 6.18 Å². The zero-order chi connectivity index (χ0) is 13.2. The number of ketones is 1. The number of benzene rings is 1. The largest absolute Gasteiger partial charge is 0.416 e. The van der Waals surface area contributed by atoms with Crippen LogP contribution in [-0.4, -0.2) is 5.78 Å². The number of carbonyl (C=O) groups is 1. The summed E-state index contributed by atoms with van der Waals surface area (Å²) in [6.07, 6.45) is 0.279. The summed E-state index contributed by atoms with van der Waals surface area (Å²) in [7, 11) is 0. The van der Waals surface area contributed by atoms with Crippen molar-refractivity contribution < 1.29 is 18.0 Å². The molecule has 0 spiro atoms. The molecule has 18 heavy (non-hydrogen) atoms. The van der Waals surface area contributed by atoms with Crippen LogP contribution < -0.4 is 0 Å². The van der Waals surface area contributed by atoms with Gasteiger partial charge in [-0.05, 0) is 48.6 Å². The fraction of sp³-hybridized carbons (Fsp3) is 0.357. The third kappa shape index (κ3) is 3.00. The lowest BCUT2D eigenvalue weighted by atomic mass is 10.00. The highest BCUT2D eigenvalue weighted by molar-refractivity contribution is 5.97. The number of rotatable bonds is 1. The van der Waals surface area contributed by atoms with Crippen LogP contribution in [0.25, 0.3) is 5.57 Å². The molecule has 1 aliphatic rings. The highest BCUT2D eigenvalue weighted by Crippen LogP contribution is 2.31. The molecule has 1 aromatic carbocycles. The molecule has 0 fully saturated rings. The predicted octanol–water partition coefficient (Wildman–Crippen LogP) is 4.23. The zero-order valence-corrected chi connectivity index (χ0v) is 9.76. The van der Waals surface area contributed by atoms with Crippen LogP contribution in [0.3, 0.4) is 0 Å². The molecular formula is C14H13F3O. The van der Waals surface area contributed by atoms with Crippen LogP contribution in [0, 0.1) is 0 Å². The summed E-state index contributed by atoms with van der Waals surface area (Å²) < 4.78 is 37.3. The van der Waals surface area contributed by atoms with Crippen molar-refractivity contribution in [2.45, 2.75) is 31.9 Å². The SMILES string of the molecule is O=C1C=C(c2ccc(C(F)(F)F)cc2)CCCC1. The number of allylic oxidation sites excluding steroid dienone is 2. The van der Waals surface area contributed by atoms with Gasteiger partial charge in [0.2, 0.25) is 0 Å². The molecule has 0 atom stereocenters. The van der Waals surface area contributed by atoms with Crippen LogP contribution in [0.5, 0.6) is 0 Å². The van der Waals surface area contributed by atoms with Gasteiger partial charge in [-0.1, -0.05) is 12.1 Å². The van der Waals surface area contributed by atoms with Crippen molar-refractivity contribution in [3.05, 3.63) is 41.5 Å². The summed E-state index contributed by atoms with van der Waals surface area (Å²) in [6.45, 7) is 0. The summed E-state index contributed by atoms with van der Waals surface area (Å²) >= 11 is 0. The average molecular weight is 254 g/mol. The molecule has 0 heterocycles. The molecule has 0 unspecified atom stereocenters. The highest BCUT2D eigenvalue weighted by atomic mass is 19.4. The van der Waals surface area contributed by atoms with Gasteiger partial charge in [0.15, 0.2) is 5.78 Å². The van der Waals surface area contributed by atoms with E-state index in [9.17, 15) is 18.0 Å². The molecule has 1 aromatic rings. The van der Waals surface area contributed by atoms with E-state index in [2.05, 4.69) is 0 Å². The predicted molar refractivity (Wildman–Crippen MR) is 62.9 cm³/mol. The third-order valence-electron chi connectivity index (χ3n) is 3.04. The van der Waals surface area contributed by atoms with E-state index >= 15 is 0 Å². The molecule has 1 aliphatic carbocycles. The summed E-state index contributed by atoms with van der Waals surface area (Å²) in [5.41, 5.74) is 0.885. The first-order valence-corrected chi connectivity index (χ1v) is 5.88. The van der Waals surface area contributed by atoms with E-state index in [1.165, 1.54) is 12.1 Å². The normalized spacial score (nSPS) is 17.3. The quantitative estimate of drug-likeness (QED) is 0.732. The van der Waals surface area contributed by atoms with Crippen LogP contribution in [0.4, 0.5) is 13.2 Å². The molecule has 0 aliphatic heterocycles. The molecule has 1 nitrogen and oxygen atoms in total. The first-order valence-electron chi connectivity index (χ1n) is 5.88. The minimum atomic E-state index is -4.31. The lowest BCUT2D eigenvalue weighted by Crippen LogP contribution is -2.04. The number of carbonyl (C=O) groups excluding carboxylic acids is 1. The maximum atomic E-state index is 12.4. The Morgan fingerprint density at radius 2 is 1.56 bits per heavy atom. The van der Waals surface area contributed by atoms with Crippen LogP contribution in [0.1, 0.15) is 36.8 Å². The average Bonchev–Trinajstić information content (AvgIpc) is 2.53. The van der Waals surface area contributed by atoms with Crippen molar-refractivity contribution in [1.29, 1.82) is 0 Å². The van der Waals surface area contributed by atoms with Crippen molar-refractivity contribution in [3.63, 3.8) is 0 Å². The Labute approximate surface area is 103 Å². The Morgan fingerprint density at radius 3 is 2.17 bits per heavy atom. The van der Waals surface area contributed by atoms with E-state index < -0.39 is 11.7 Å². The Morgan fingerprint density at radius 1 is 0.944 bits per heavy atom. The molecule has 0 saturated carbocycles. The van der Waals surface area contributed by atoms with Crippen LogP contribution in [0.2, 0.25) is 0 Å². The van der Waals surface area contributed by atoms with Crippen LogP contribution in [0.15, 0.2) is 30.3 Å². The van der Waals surface area contributed by atoms with Gasteiger partial charge in [-0.2, -0.15) is 13.2 Å². The number of alkyl halides is 3. The van der Waals surface area contributed by atoms with Gasteiger partial charge in [-0.15, -0.1) is 0 Å². The fourth-order valence-electron chi connectivity index (χ4n) is 2.05. The van der Waals surface area contributed by atoms with E-state index in [1.807, 2.05) is 0 Å². The molecule has 96 valence electrons. The Hall–Kier alpha value is -1.58. The van der Waals surface area contributed by atoms with Crippen molar-refractivity contribution in [1.82, 2.24) is 0 Å². The van der Waals surface area contributed by atoms with Crippen LogP contribution in [-0.2, 0) is 11.0 Å². The Balaban J connectivity index is 2.26. The van der Waals surface area contributed by atoms with Crippen molar-refractivity contribution in [3.8, 4) is 0 Å². The van der Waals surface area contributed by atoms with E-state index in [4.69, 9.17) is 0 Å². The minimum Gasteiger partial charge on any atom is -0.295 e. The smallest absolute Gasteiger partial charge is 0.295 e. The van der Waals surface area contributed by atoms with E-state index in [0.717, 1.165) is 37.0 Å². The molecule has 4 heteroatoms. The standard InChI is InChI=1S/C14H13F3O/c15-14(16,17)12-7-5-10(6-8-12)11-3-1-2-4-13(18)9-11/h5-9H,1-4H2. The first-order chi connectivity index (χ1) is 8.47. The van der Waals surface area contributed by atoms with Crippen molar-refractivity contribution >= 4 is 11.4 Å². The summed E-state index contributed by atoms with van der Waals surface area (Å²) in [4.78, 5) is 11.4. The monoisotopic (exact) mass is 254 g/mol. The summed E-state index contributed by atoms with van der Waals surface area (Å²) in [6, 6.07) is 5.00. The van der Waals surface area contributed by atoms with Gasteiger partial charge in [0.05, 0.1) is 5.56 Å². The zero-order valence-electron chi connectivity index (χ0n) is 9.76. The topological polar surface area (TPSA) is 17.1 Å². The summed E-state index contributed by atoms with van der Waals surface area (Å²) in [5, 5.41) is 0. The van der Waals surface area contributed by atoms with Gasteiger partial charge in [0, 0.05) is 6.42 Å². The second-order valence-corrected chi connectivity index (χ2v) is 4.42. The number of halogens is 3. The lowest BCUT2D eigenvalue weighted by Gasteiger charge is -2.09. The molecule has 2 rings (SSSR count). The fourth-order valence-corrected chi connectivity index (χ4v) is 2.05. The van der Waals surface area contributed by atoms with Gasteiger partial charge in [0.1, 0.15) is 0 Å². The maximum Gasteiger partial charge on any atom is 0.416 e. The molecule has 0 aromatic heterocycles. The Bertz CT molecular complexity index is 469. The number of hydrogen-bond acceptors (Lipinski definition) is 1. The second-order valence-electron chi connectivity index (χ2n) is 4.42. The highest BCUT2D eigenvalue weighted by Gasteiger charge is 2.30.